The molecule has 1 N–H and O–H groups in total. The van der Waals surface area contributed by atoms with E-state index >= 15 is 0 Å². The Labute approximate surface area is 143 Å². The van der Waals surface area contributed by atoms with Crippen molar-refractivity contribution >= 4 is 8.32 Å². The number of benzene rings is 1. The molecule has 0 amide bonds. The van der Waals surface area contributed by atoms with Crippen molar-refractivity contribution < 1.29 is 4.43 Å². The molecular formula is C19H34N2OSi. The maximum Gasteiger partial charge on any atom is 0.192 e. The Morgan fingerprint density at radius 3 is 2.48 bits per heavy atom. The zero-order chi connectivity index (χ0) is 17.1. The van der Waals surface area contributed by atoms with Crippen LogP contribution in [0.5, 0.6) is 0 Å². The fourth-order valence-corrected chi connectivity index (χ4v) is 4.34. The van der Waals surface area contributed by atoms with E-state index in [4.69, 9.17) is 4.43 Å². The lowest BCUT2D eigenvalue weighted by molar-refractivity contribution is 0.177. The molecule has 1 heterocycles. The highest BCUT2D eigenvalue weighted by atomic mass is 28.4. The molecule has 1 aliphatic heterocycles. The number of hydrogen-bond donors (Lipinski definition) is 1. The van der Waals surface area contributed by atoms with E-state index in [1.54, 1.807) is 0 Å². The second-order valence-electron chi connectivity index (χ2n) is 8.30. The Bertz CT molecular complexity index is 484. The molecule has 2 rings (SSSR count). The summed E-state index contributed by atoms with van der Waals surface area (Å²) < 4.78 is 6.59. The molecular weight excluding hydrogens is 300 g/mol. The number of nitrogens with zero attached hydrogens (tertiary/aromatic N) is 1. The summed E-state index contributed by atoms with van der Waals surface area (Å²) in [6, 6.07) is 11.1. The monoisotopic (exact) mass is 334 g/mol. The molecule has 1 aromatic rings. The van der Waals surface area contributed by atoms with Gasteiger partial charge in [-0.15, -0.1) is 0 Å². The molecule has 0 spiro atoms. The third-order valence-corrected chi connectivity index (χ3v) is 10.0. The number of likely N-dealkylation sites (tertiary alicyclic amines) is 1. The Kier molecular flexibility index (Phi) is 6.06. The Balaban J connectivity index is 1.90. The van der Waals surface area contributed by atoms with Crippen LogP contribution in [0.2, 0.25) is 18.1 Å². The van der Waals surface area contributed by atoms with Crippen LogP contribution in [0, 0.1) is 0 Å². The van der Waals surface area contributed by atoms with Gasteiger partial charge in [-0.1, -0.05) is 51.1 Å². The molecule has 0 bridgehead atoms. The molecule has 2 unspecified atom stereocenters. The molecule has 130 valence electrons. The smallest absolute Gasteiger partial charge is 0.192 e. The average molecular weight is 335 g/mol. The maximum atomic E-state index is 6.59. The summed E-state index contributed by atoms with van der Waals surface area (Å²) in [6.45, 7) is 14.9. The van der Waals surface area contributed by atoms with E-state index in [1.165, 1.54) is 5.56 Å². The van der Waals surface area contributed by atoms with Crippen molar-refractivity contribution in [3.63, 3.8) is 0 Å². The normalized spacial score (nSPS) is 21.6. The van der Waals surface area contributed by atoms with Gasteiger partial charge < -0.3 is 9.74 Å². The first kappa shape index (κ1) is 18.7. The number of nitrogens with one attached hydrogen (secondary N) is 1. The van der Waals surface area contributed by atoms with Crippen LogP contribution in [-0.2, 0) is 4.43 Å². The van der Waals surface area contributed by atoms with Crippen LogP contribution >= 0.6 is 0 Å². The summed E-state index contributed by atoms with van der Waals surface area (Å²) in [4.78, 5) is 2.55. The molecule has 0 saturated carbocycles. The molecule has 1 fully saturated rings. The second-order valence-corrected chi connectivity index (χ2v) is 13.1. The molecule has 23 heavy (non-hydrogen) atoms. The molecule has 4 heteroatoms. The minimum atomic E-state index is -1.65. The molecule has 1 aromatic carbocycles. The fraction of sp³-hybridized carbons (Fsp3) is 0.684. The van der Waals surface area contributed by atoms with Gasteiger partial charge >= 0.3 is 0 Å². The minimum Gasteiger partial charge on any atom is -0.413 e. The zero-order valence-electron chi connectivity index (χ0n) is 15.7. The van der Waals surface area contributed by atoms with Gasteiger partial charge in [0.05, 0.1) is 6.10 Å². The predicted molar refractivity (Wildman–Crippen MR) is 101 cm³/mol. The number of likely N-dealkylation sites (N-methyl/N-ethyl adjacent to an activating group) is 1. The average Bonchev–Trinajstić information content (AvgIpc) is 2.91. The molecule has 1 aliphatic rings. The van der Waals surface area contributed by atoms with Gasteiger partial charge in [-0.2, -0.15) is 0 Å². The first-order chi connectivity index (χ1) is 10.7. The van der Waals surface area contributed by atoms with E-state index in [9.17, 15) is 0 Å². The van der Waals surface area contributed by atoms with Crippen molar-refractivity contribution in [2.24, 2.45) is 0 Å². The van der Waals surface area contributed by atoms with Crippen LogP contribution in [0.3, 0.4) is 0 Å². The SMILES string of the molecule is CNC(CN1CCC(O[Si](C)(C)C(C)(C)C)C1)c1ccccc1. The van der Waals surface area contributed by atoms with Gasteiger partial charge in [0.2, 0.25) is 0 Å². The highest BCUT2D eigenvalue weighted by Crippen LogP contribution is 2.38. The van der Waals surface area contributed by atoms with E-state index in [0.717, 1.165) is 26.1 Å². The fourth-order valence-electron chi connectivity index (χ4n) is 2.96. The van der Waals surface area contributed by atoms with Crippen LogP contribution in [-0.4, -0.2) is 46.0 Å². The van der Waals surface area contributed by atoms with Gasteiger partial charge in [0, 0.05) is 25.7 Å². The van der Waals surface area contributed by atoms with E-state index < -0.39 is 8.32 Å². The zero-order valence-corrected chi connectivity index (χ0v) is 16.7. The maximum absolute atomic E-state index is 6.59. The standard InChI is InChI=1S/C19H34N2OSi/c1-19(2,3)23(5,6)22-17-12-13-21(14-17)15-18(20-4)16-10-8-7-9-11-16/h7-11,17-18,20H,12-15H2,1-6H3. The van der Waals surface area contributed by atoms with Crippen LogP contribution < -0.4 is 5.32 Å². The van der Waals surface area contributed by atoms with Crippen molar-refractivity contribution in [1.29, 1.82) is 0 Å². The van der Waals surface area contributed by atoms with E-state index in [2.05, 4.69) is 81.5 Å². The first-order valence-corrected chi connectivity index (χ1v) is 11.8. The highest BCUT2D eigenvalue weighted by molar-refractivity contribution is 6.74. The molecule has 0 radical (unpaired) electrons. The van der Waals surface area contributed by atoms with Crippen molar-refractivity contribution in [2.45, 2.75) is 57.5 Å². The van der Waals surface area contributed by atoms with Crippen molar-refractivity contribution in [1.82, 2.24) is 10.2 Å². The van der Waals surface area contributed by atoms with Crippen molar-refractivity contribution in [3.05, 3.63) is 35.9 Å². The Morgan fingerprint density at radius 1 is 1.26 bits per heavy atom. The topological polar surface area (TPSA) is 24.5 Å². The summed E-state index contributed by atoms with van der Waals surface area (Å²) >= 11 is 0. The van der Waals surface area contributed by atoms with Gasteiger partial charge in [0.1, 0.15) is 0 Å². The molecule has 0 aliphatic carbocycles. The van der Waals surface area contributed by atoms with E-state index in [-0.39, 0.29) is 5.04 Å². The largest absolute Gasteiger partial charge is 0.413 e. The second kappa shape index (κ2) is 7.47. The van der Waals surface area contributed by atoms with Gasteiger partial charge in [-0.25, -0.2) is 0 Å². The van der Waals surface area contributed by atoms with Crippen LogP contribution in [0.25, 0.3) is 0 Å². The highest BCUT2D eigenvalue weighted by Gasteiger charge is 2.40. The number of hydrogen-bond acceptors (Lipinski definition) is 3. The molecule has 2 atom stereocenters. The lowest BCUT2D eigenvalue weighted by Gasteiger charge is -2.38. The number of rotatable bonds is 6. The lowest BCUT2D eigenvalue weighted by atomic mass is 10.1. The summed E-state index contributed by atoms with van der Waals surface area (Å²) in [5.41, 5.74) is 1.36. The van der Waals surface area contributed by atoms with Crippen LogP contribution in [0.1, 0.15) is 38.8 Å². The van der Waals surface area contributed by atoms with Crippen molar-refractivity contribution in [3.8, 4) is 0 Å². The van der Waals surface area contributed by atoms with Crippen LogP contribution in [0.15, 0.2) is 30.3 Å². The molecule has 1 saturated heterocycles. The summed E-state index contributed by atoms with van der Waals surface area (Å²) in [7, 11) is 0.399. The lowest BCUT2D eigenvalue weighted by Crippen LogP contribution is -2.44. The Hall–Kier alpha value is -0.683. The predicted octanol–water partition coefficient (Wildman–Crippen LogP) is 4.04. The third-order valence-electron chi connectivity index (χ3n) is 5.49. The quantitative estimate of drug-likeness (QED) is 0.795. The van der Waals surface area contributed by atoms with Gasteiger partial charge in [0.25, 0.3) is 0 Å². The van der Waals surface area contributed by atoms with Crippen molar-refractivity contribution in [2.75, 3.05) is 26.7 Å². The van der Waals surface area contributed by atoms with E-state index in [1.807, 2.05) is 0 Å². The van der Waals surface area contributed by atoms with Gasteiger partial charge in [-0.05, 0) is 37.2 Å². The first-order valence-electron chi connectivity index (χ1n) is 8.85. The molecule has 3 nitrogen and oxygen atoms in total. The van der Waals surface area contributed by atoms with Gasteiger partial charge in [0.15, 0.2) is 8.32 Å². The van der Waals surface area contributed by atoms with Crippen LogP contribution in [0.4, 0.5) is 0 Å². The summed E-state index contributed by atoms with van der Waals surface area (Å²) in [5, 5.41) is 3.75. The Morgan fingerprint density at radius 2 is 1.91 bits per heavy atom. The van der Waals surface area contributed by atoms with E-state index in [0.29, 0.717) is 12.1 Å². The minimum absolute atomic E-state index is 0.290. The summed E-state index contributed by atoms with van der Waals surface area (Å²) in [5.74, 6) is 0. The summed E-state index contributed by atoms with van der Waals surface area (Å²) in [6.07, 6.45) is 1.57. The van der Waals surface area contributed by atoms with Gasteiger partial charge in [-0.3, -0.25) is 4.90 Å². The third kappa shape index (κ3) is 4.89. The molecule has 0 aromatic heterocycles.